The molecule has 0 unspecified atom stereocenters. The zero-order valence-corrected chi connectivity index (χ0v) is 7.33. The van der Waals surface area contributed by atoms with Crippen LogP contribution in [0.15, 0.2) is 11.3 Å². The van der Waals surface area contributed by atoms with Crippen molar-refractivity contribution in [3.63, 3.8) is 0 Å². The predicted octanol–water partition coefficient (Wildman–Crippen LogP) is 2.07. The van der Waals surface area contributed by atoms with Crippen molar-refractivity contribution < 1.29 is 0 Å². The summed E-state index contributed by atoms with van der Waals surface area (Å²) < 4.78 is 0. The Morgan fingerprint density at radius 2 is 2.00 bits per heavy atom. The van der Waals surface area contributed by atoms with Gasteiger partial charge in [0.25, 0.3) is 0 Å². The van der Waals surface area contributed by atoms with Crippen molar-refractivity contribution in [1.82, 2.24) is 5.32 Å². The van der Waals surface area contributed by atoms with Gasteiger partial charge in [-0.25, -0.2) is 0 Å². The molecule has 1 aliphatic carbocycles. The third-order valence-corrected chi connectivity index (χ3v) is 2.22. The molecule has 0 bridgehead atoms. The van der Waals surface area contributed by atoms with Gasteiger partial charge in [0.1, 0.15) is 0 Å². The maximum Gasteiger partial charge on any atom is 0.0332 e. The minimum atomic E-state index is 0.731. The lowest BCUT2D eigenvalue weighted by Crippen LogP contribution is -2.16. The van der Waals surface area contributed by atoms with Crippen LogP contribution in [-0.2, 0) is 0 Å². The van der Waals surface area contributed by atoms with Crippen LogP contribution < -0.4 is 5.32 Å². The molecule has 0 atom stereocenters. The second-order valence-corrected chi connectivity index (χ2v) is 3.04. The number of allylic oxidation sites excluding steroid dienone is 2. The molecule has 0 aliphatic heterocycles. The highest BCUT2D eigenvalue weighted by Crippen LogP contribution is 2.22. The van der Waals surface area contributed by atoms with Crippen molar-refractivity contribution in [2.24, 2.45) is 0 Å². The Morgan fingerprint density at radius 3 is 2.45 bits per heavy atom. The summed E-state index contributed by atoms with van der Waals surface area (Å²) in [7, 11) is 1.95. The highest BCUT2D eigenvalue weighted by atomic mass is 14.8. The molecular weight excluding hydrogens is 136 g/mol. The number of nitrogens with one attached hydrogen (secondary N) is 2. The molecule has 11 heavy (non-hydrogen) atoms. The van der Waals surface area contributed by atoms with Gasteiger partial charge in [0.2, 0.25) is 0 Å². The van der Waals surface area contributed by atoms with Gasteiger partial charge in [-0.3, -0.25) is 0 Å². The van der Waals surface area contributed by atoms with Crippen LogP contribution in [0.25, 0.3) is 0 Å². The molecule has 1 aliphatic rings. The van der Waals surface area contributed by atoms with Gasteiger partial charge in [0.15, 0.2) is 0 Å². The first kappa shape index (κ1) is 8.31. The lowest BCUT2D eigenvalue weighted by atomic mass is 9.93. The molecule has 0 spiro atoms. The third kappa shape index (κ3) is 1.82. The van der Waals surface area contributed by atoms with Crippen LogP contribution in [0, 0.1) is 5.41 Å². The third-order valence-electron chi connectivity index (χ3n) is 2.22. The summed E-state index contributed by atoms with van der Waals surface area (Å²) in [5, 5.41) is 10.7. The van der Waals surface area contributed by atoms with E-state index in [2.05, 4.69) is 5.32 Å². The van der Waals surface area contributed by atoms with Gasteiger partial charge in [-0.2, -0.15) is 0 Å². The summed E-state index contributed by atoms with van der Waals surface area (Å²) in [5.41, 5.74) is 3.25. The topological polar surface area (TPSA) is 35.9 Å². The second kappa shape index (κ2) is 3.56. The minimum absolute atomic E-state index is 0.731. The molecule has 0 saturated heterocycles. The average Bonchev–Trinajstić information content (AvgIpc) is 2.04. The number of rotatable bonds is 2. The summed E-state index contributed by atoms with van der Waals surface area (Å²) >= 11 is 0. The molecule has 2 nitrogen and oxygen atoms in total. The molecule has 2 N–H and O–H groups in total. The van der Waals surface area contributed by atoms with Crippen molar-refractivity contribution in [1.29, 1.82) is 5.41 Å². The Kier molecular flexibility index (Phi) is 2.69. The Morgan fingerprint density at radius 1 is 1.36 bits per heavy atom. The van der Waals surface area contributed by atoms with Gasteiger partial charge < -0.3 is 10.7 Å². The predicted molar refractivity (Wildman–Crippen MR) is 48.0 cm³/mol. The van der Waals surface area contributed by atoms with Crippen molar-refractivity contribution in [3.05, 3.63) is 11.3 Å². The van der Waals surface area contributed by atoms with E-state index in [1.165, 1.54) is 24.1 Å². The molecule has 1 rings (SSSR count). The summed E-state index contributed by atoms with van der Waals surface area (Å²) in [5.74, 6) is 0. The molecule has 0 fully saturated rings. The standard InChI is InChI=1S/C9H16N2/c1-7(10)8-5-3-4-6-9(8)11-2/h10-11H,3-6H2,1-2H3. The lowest BCUT2D eigenvalue weighted by molar-refractivity contribution is 0.653. The van der Waals surface area contributed by atoms with E-state index in [0.29, 0.717) is 0 Å². The highest BCUT2D eigenvalue weighted by molar-refractivity contribution is 5.96. The molecule has 0 aromatic carbocycles. The molecule has 62 valence electrons. The van der Waals surface area contributed by atoms with Crippen LogP contribution >= 0.6 is 0 Å². The normalized spacial score (nSPS) is 18.4. The first-order valence-corrected chi connectivity index (χ1v) is 4.21. The van der Waals surface area contributed by atoms with Gasteiger partial charge in [0, 0.05) is 18.5 Å². The van der Waals surface area contributed by atoms with E-state index >= 15 is 0 Å². The molecular formula is C9H16N2. The molecule has 0 saturated carbocycles. The van der Waals surface area contributed by atoms with Crippen LogP contribution in [-0.4, -0.2) is 12.8 Å². The molecule has 0 aromatic rings. The van der Waals surface area contributed by atoms with Crippen molar-refractivity contribution in [2.45, 2.75) is 32.6 Å². The SMILES string of the molecule is CNC1=C(C(C)=N)CCCC1. The Bertz CT molecular complexity index is 192. The van der Waals surface area contributed by atoms with E-state index in [0.717, 1.165) is 18.6 Å². The van der Waals surface area contributed by atoms with E-state index in [-0.39, 0.29) is 0 Å². The molecule has 0 amide bonds. The van der Waals surface area contributed by atoms with Gasteiger partial charge >= 0.3 is 0 Å². The fourth-order valence-electron chi connectivity index (χ4n) is 1.60. The maximum atomic E-state index is 7.52. The Hall–Kier alpha value is -0.790. The Labute approximate surface area is 68.2 Å². The maximum absolute atomic E-state index is 7.52. The van der Waals surface area contributed by atoms with E-state index < -0.39 is 0 Å². The van der Waals surface area contributed by atoms with Crippen LogP contribution in [0.4, 0.5) is 0 Å². The monoisotopic (exact) mass is 152 g/mol. The van der Waals surface area contributed by atoms with Crippen molar-refractivity contribution in [3.8, 4) is 0 Å². The summed E-state index contributed by atoms with van der Waals surface area (Å²) in [6, 6.07) is 0. The summed E-state index contributed by atoms with van der Waals surface area (Å²) in [6.45, 7) is 1.87. The zero-order valence-electron chi connectivity index (χ0n) is 7.33. The van der Waals surface area contributed by atoms with E-state index in [9.17, 15) is 0 Å². The molecule has 0 heterocycles. The van der Waals surface area contributed by atoms with Gasteiger partial charge in [-0.05, 0) is 38.2 Å². The van der Waals surface area contributed by atoms with Crippen molar-refractivity contribution in [2.75, 3.05) is 7.05 Å². The van der Waals surface area contributed by atoms with Gasteiger partial charge in [0.05, 0.1) is 0 Å². The van der Waals surface area contributed by atoms with E-state index in [4.69, 9.17) is 5.41 Å². The van der Waals surface area contributed by atoms with Crippen LogP contribution in [0.3, 0.4) is 0 Å². The molecule has 0 aromatic heterocycles. The minimum Gasteiger partial charge on any atom is -0.391 e. The number of hydrogen-bond acceptors (Lipinski definition) is 2. The Balaban J connectivity index is 2.81. The van der Waals surface area contributed by atoms with E-state index in [1.807, 2.05) is 14.0 Å². The fraction of sp³-hybridized carbons (Fsp3) is 0.667. The summed E-state index contributed by atoms with van der Waals surface area (Å²) in [4.78, 5) is 0. The first-order chi connectivity index (χ1) is 5.25. The smallest absolute Gasteiger partial charge is 0.0332 e. The van der Waals surface area contributed by atoms with E-state index in [1.54, 1.807) is 0 Å². The van der Waals surface area contributed by atoms with Crippen molar-refractivity contribution >= 4 is 5.71 Å². The fourth-order valence-corrected chi connectivity index (χ4v) is 1.60. The quantitative estimate of drug-likeness (QED) is 0.584. The highest BCUT2D eigenvalue weighted by Gasteiger charge is 2.12. The molecule has 2 heteroatoms. The lowest BCUT2D eigenvalue weighted by Gasteiger charge is -2.19. The van der Waals surface area contributed by atoms with Crippen LogP contribution in [0.5, 0.6) is 0 Å². The largest absolute Gasteiger partial charge is 0.391 e. The van der Waals surface area contributed by atoms with Gasteiger partial charge in [-0.15, -0.1) is 0 Å². The van der Waals surface area contributed by atoms with Crippen LogP contribution in [0.2, 0.25) is 0 Å². The zero-order chi connectivity index (χ0) is 8.27. The second-order valence-electron chi connectivity index (χ2n) is 3.04. The number of hydrogen-bond donors (Lipinski definition) is 2. The first-order valence-electron chi connectivity index (χ1n) is 4.21. The molecule has 0 radical (unpaired) electrons. The average molecular weight is 152 g/mol. The van der Waals surface area contributed by atoms with Crippen LogP contribution in [0.1, 0.15) is 32.6 Å². The van der Waals surface area contributed by atoms with Gasteiger partial charge in [-0.1, -0.05) is 0 Å². The summed E-state index contributed by atoms with van der Waals surface area (Å²) in [6.07, 6.45) is 4.73.